The van der Waals surface area contributed by atoms with Crippen molar-refractivity contribution in [2.45, 2.75) is 50.4 Å². The molecule has 0 saturated heterocycles. The fourth-order valence-electron chi connectivity index (χ4n) is 8.76. The molecule has 0 radical (unpaired) electrons. The second-order valence-electron chi connectivity index (χ2n) is 13.7. The number of allylic oxidation sites excluding steroid dienone is 4. The number of nitrogens with zero attached hydrogens (tertiary/aromatic N) is 4. The number of benzene rings is 5. The highest BCUT2D eigenvalue weighted by atomic mass is 32.1. The first-order valence-corrected chi connectivity index (χ1v) is 18.2. The van der Waals surface area contributed by atoms with Gasteiger partial charge in [-0.1, -0.05) is 98.1 Å². The maximum absolute atomic E-state index is 9.96. The van der Waals surface area contributed by atoms with Crippen LogP contribution >= 0.6 is 11.3 Å². The van der Waals surface area contributed by atoms with E-state index in [-0.39, 0.29) is 5.41 Å². The Morgan fingerprint density at radius 1 is 0.653 bits per heavy atom. The van der Waals surface area contributed by atoms with Gasteiger partial charge >= 0.3 is 0 Å². The van der Waals surface area contributed by atoms with Gasteiger partial charge in [-0.2, -0.15) is 5.26 Å². The summed E-state index contributed by atoms with van der Waals surface area (Å²) in [5.41, 5.74) is 9.11. The molecular formula is C44H32N4S. The lowest BCUT2D eigenvalue weighted by atomic mass is 9.66. The van der Waals surface area contributed by atoms with Gasteiger partial charge in [0.2, 0.25) is 0 Å². The number of hydrogen-bond donors (Lipinski definition) is 0. The van der Waals surface area contributed by atoms with Crippen LogP contribution in [0.2, 0.25) is 0 Å². The summed E-state index contributed by atoms with van der Waals surface area (Å²) in [6.45, 7) is 0. The van der Waals surface area contributed by atoms with E-state index in [1.807, 2.05) is 17.4 Å². The zero-order valence-electron chi connectivity index (χ0n) is 27.0. The van der Waals surface area contributed by atoms with Gasteiger partial charge in [0.25, 0.3) is 0 Å². The molecule has 1 spiro atoms. The van der Waals surface area contributed by atoms with Crippen molar-refractivity contribution in [3.05, 3.63) is 137 Å². The summed E-state index contributed by atoms with van der Waals surface area (Å²) in [5.74, 6) is 2.11. The molecule has 5 heteroatoms. The molecule has 7 aromatic rings. The van der Waals surface area contributed by atoms with Crippen molar-refractivity contribution in [2.24, 2.45) is 0 Å². The van der Waals surface area contributed by atoms with Crippen molar-refractivity contribution in [2.75, 3.05) is 0 Å². The van der Waals surface area contributed by atoms with Crippen molar-refractivity contribution in [1.82, 2.24) is 15.0 Å². The second kappa shape index (κ2) is 11.1. The third-order valence-corrected chi connectivity index (χ3v) is 12.2. The molecule has 49 heavy (non-hydrogen) atoms. The van der Waals surface area contributed by atoms with E-state index in [9.17, 15) is 5.26 Å². The standard InChI is InChI=1S/C44H32N4S/c45-26-27-15-20-36-35(23-27)40-34(12-8-13-37(40)44(36)21-6-1-7-22-44)43-47-41(30-17-16-28-9-2-3-10-29(28)24-30)46-42(48-43)31-18-19-33-32-11-4-5-14-38(32)49-39(33)25-31/h2-5,9-11,13-20,23-25H,1,6-8,12,21-22H2. The van der Waals surface area contributed by atoms with Crippen molar-refractivity contribution in [1.29, 1.82) is 5.26 Å². The monoisotopic (exact) mass is 648 g/mol. The number of aromatic nitrogens is 3. The molecular weight excluding hydrogens is 617 g/mol. The van der Waals surface area contributed by atoms with Gasteiger partial charge in [-0.05, 0) is 89.1 Å². The van der Waals surface area contributed by atoms with Crippen molar-refractivity contribution in [3.8, 4) is 28.8 Å². The topological polar surface area (TPSA) is 62.5 Å². The fraction of sp³-hybridized carbons (Fsp3) is 0.182. The molecule has 0 bridgehead atoms. The maximum atomic E-state index is 9.96. The van der Waals surface area contributed by atoms with Crippen LogP contribution in [0.4, 0.5) is 0 Å². The molecule has 1 fully saturated rings. The highest BCUT2D eigenvalue weighted by molar-refractivity contribution is 7.25. The van der Waals surface area contributed by atoms with Crippen molar-refractivity contribution in [3.63, 3.8) is 0 Å². The van der Waals surface area contributed by atoms with Crippen LogP contribution in [0, 0.1) is 11.3 Å². The summed E-state index contributed by atoms with van der Waals surface area (Å²) in [4.78, 5) is 15.8. The van der Waals surface area contributed by atoms with E-state index in [0.29, 0.717) is 17.2 Å². The van der Waals surface area contributed by atoms with Crippen molar-refractivity contribution >= 4 is 53.4 Å². The Hall–Kier alpha value is -5.44. The molecule has 234 valence electrons. The summed E-state index contributed by atoms with van der Waals surface area (Å²) in [5, 5.41) is 14.8. The third-order valence-electron chi connectivity index (χ3n) is 11.0. The molecule has 4 nitrogen and oxygen atoms in total. The fourth-order valence-corrected chi connectivity index (χ4v) is 9.90. The molecule has 2 aromatic heterocycles. The van der Waals surface area contributed by atoms with Gasteiger partial charge in [0.15, 0.2) is 17.5 Å². The predicted molar refractivity (Wildman–Crippen MR) is 201 cm³/mol. The SMILES string of the molecule is N#Cc1ccc2c(c1)C1=C(c3nc(-c4ccc5ccccc5c4)nc(-c4ccc5c(c4)sc4ccccc45)n3)CCC=C1C21CCCCC1. The molecule has 3 aliphatic rings. The van der Waals surface area contributed by atoms with Crippen LogP contribution in [0.1, 0.15) is 67.5 Å². The van der Waals surface area contributed by atoms with Crippen LogP contribution < -0.4 is 0 Å². The molecule has 10 rings (SSSR count). The lowest BCUT2D eigenvalue weighted by Crippen LogP contribution is -2.28. The van der Waals surface area contributed by atoms with Gasteiger partial charge in [0, 0.05) is 42.3 Å². The maximum Gasteiger partial charge on any atom is 0.164 e. The largest absolute Gasteiger partial charge is 0.208 e. The predicted octanol–water partition coefficient (Wildman–Crippen LogP) is 11.4. The second-order valence-corrected chi connectivity index (χ2v) is 14.8. The normalized spacial score (nSPS) is 16.6. The van der Waals surface area contributed by atoms with Gasteiger partial charge in [0.05, 0.1) is 11.6 Å². The third kappa shape index (κ3) is 4.44. The van der Waals surface area contributed by atoms with Crippen LogP contribution in [0.3, 0.4) is 0 Å². The number of hydrogen-bond acceptors (Lipinski definition) is 5. The molecule has 3 aliphatic carbocycles. The van der Waals surface area contributed by atoms with E-state index in [2.05, 4.69) is 109 Å². The lowest BCUT2D eigenvalue weighted by molar-refractivity contribution is 0.352. The molecule has 0 unspecified atom stereocenters. The first-order valence-electron chi connectivity index (χ1n) is 17.3. The first-order chi connectivity index (χ1) is 24.2. The summed E-state index contributed by atoms with van der Waals surface area (Å²) in [6, 6.07) is 38.9. The molecule has 5 aromatic carbocycles. The highest BCUT2D eigenvalue weighted by Crippen LogP contribution is 2.60. The van der Waals surface area contributed by atoms with Gasteiger partial charge < -0.3 is 0 Å². The Morgan fingerprint density at radius 3 is 2.24 bits per heavy atom. The van der Waals surface area contributed by atoms with Gasteiger partial charge in [-0.15, -0.1) is 11.3 Å². The van der Waals surface area contributed by atoms with E-state index >= 15 is 0 Å². The Morgan fingerprint density at radius 2 is 1.39 bits per heavy atom. The molecule has 1 saturated carbocycles. The number of nitriles is 1. The zero-order chi connectivity index (χ0) is 32.5. The van der Waals surface area contributed by atoms with E-state index in [4.69, 9.17) is 15.0 Å². The first kappa shape index (κ1) is 28.6. The Bertz CT molecular complexity index is 2610. The molecule has 0 atom stereocenters. The Balaban J connectivity index is 1.22. The minimum atomic E-state index is 0.00578. The van der Waals surface area contributed by atoms with E-state index in [1.54, 1.807) is 0 Å². The summed E-state index contributed by atoms with van der Waals surface area (Å²) in [6.07, 6.45) is 10.3. The summed E-state index contributed by atoms with van der Waals surface area (Å²) >= 11 is 1.81. The van der Waals surface area contributed by atoms with Crippen LogP contribution in [0.15, 0.2) is 115 Å². The van der Waals surface area contributed by atoms with Gasteiger partial charge in [-0.25, -0.2) is 15.0 Å². The minimum absolute atomic E-state index is 0.00578. The average molecular weight is 649 g/mol. The molecule has 0 aliphatic heterocycles. The quantitative estimate of drug-likeness (QED) is 0.191. The van der Waals surface area contributed by atoms with Crippen molar-refractivity contribution < 1.29 is 0 Å². The number of thiophene rings is 1. The molecule has 0 amide bonds. The van der Waals surface area contributed by atoms with E-state index < -0.39 is 0 Å². The van der Waals surface area contributed by atoms with E-state index in [1.165, 1.54) is 72.7 Å². The Kier molecular flexibility index (Phi) is 6.44. The average Bonchev–Trinajstić information content (AvgIpc) is 3.67. The molecule has 2 heterocycles. The minimum Gasteiger partial charge on any atom is -0.208 e. The molecule has 0 N–H and O–H groups in total. The van der Waals surface area contributed by atoms with Crippen LogP contribution in [0.25, 0.3) is 64.9 Å². The summed E-state index contributed by atoms with van der Waals surface area (Å²) < 4.78 is 2.51. The van der Waals surface area contributed by atoms with E-state index in [0.717, 1.165) is 48.0 Å². The zero-order valence-corrected chi connectivity index (χ0v) is 27.9. The Labute approximate surface area is 289 Å². The highest BCUT2D eigenvalue weighted by Gasteiger charge is 2.47. The smallest absolute Gasteiger partial charge is 0.164 e. The van der Waals surface area contributed by atoms with Crippen LogP contribution in [-0.2, 0) is 5.41 Å². The van der Waals surface area contributed by atoms with Gasteiger partial charge in [0.1, 0.15) is 0 Å². The van der Waals surface area contributed by atoms with Crippen LogP contribution in [-0.4, -0.2) is 15.0 Å². The van der Waals surface area contributed by atoms with Crippen LogP contribution in [0.5, 0.6) is 0 Å². The number of rotatable bonds is 3. The lowest BCUT2D eigenvalue weighted by Gasteiger charge is -2.37. The summed E-state index contributed by atoms with van der Waals surface area (Å²) in [7, 11) is 0. The number of fused-ring (bicyclic) bond motifs is 9. The van der Waals surface area contributed by atoms with Gasteiger partial charge in [-0.3, -0.25) is 0 Å².